The first-order chi connectivity index (χ1) is 18.4. The number of hydrogen-bond donors (Lipinski definition) is 0. The zero-order valence-corrected chi connectivity index (χ0v) is 20.7. The number of imide groups is 1. The number of fused-ring (bicyclic) bond motifs is 5. The van der Waals surface area contributed by atoms with E-state index in [4.69, 9.17) is 9.47 Å². The van der Waals surface area contributed by atoms with Gasteiger partial charge < -0.3 is 14.4 Å². The molecule has 3 aliphatic heterocycles. The summed E-state index contributed by atoms with van der Waals surface area (Å²) >= 11 is 0. The van der Waals surface area contributed by atoms with E-state index in [1.807, 2.05) is 41.4 Å². The molecule has 0 aliphatic carbocycles. The third-order valence-electron chi connectivity index (χ3n) is 7.46. The van der Waals surface area contributed by atoms with E-state index in [2.05, 4.69) is 0 Å². The third-order valence-corrected chi connectivity index (χ3v) is 7.46. The first-order valence-electron chi connectivity index (χ1n) is 12.3. The van der Waals surface area contributed by atoms with E-state index in [1.165, 1.54) is 11.8 Å². The largest absolute Gasteiger partial charge is 0.497 e. The van der Waals surface area contributed by atoms with Gasteiger partial charge in [0.1, 0.15) is 17.5 Å². The van der Waals surface area contributed by atoms with Crippen molar-refractivity contribution >= 4 is 35.3 Å². The van der Waals surface area contributed by atoms with Crippen LogP contribution in [0.25, 0.3) is 6.08 Å². The second kappa shape index (κ2) is 8.99. The van der Waals surface area contributed by atoms with Crippen LogP contribution >= 0.6 is 0 Å². The SMILES string of the molecule is COc1ccc(N2C(=O)[C@@H]3[C@H](C2=O)[C@H]2c4ccccc4C=CN2[C@H]3C(=O)c2ccc(OC(C)=O)cc2)cc1. The Balaban J connectivity index is 1.43. The van der Waals surface area contributed by atoms with Gasteiger partial charge >= 0.3 is 5.97 Å². The highest BCUT2D eigenvalue weighted by Gasteiger charge is 2.64. The maximum Gasteiger partial charge on any atom is 0.308 e. The number of nitrogens with zero attached hydrogens (tertiary/aromatic N) is 2. The van der Waals surface area contributed by atoms with Crippen LogP contribution in [0.2, 0.25) is 0 Å². The Bertz CT molecular complexity index is 1490. The molecule has 0 unspecified atom stereocenters. The molecule has 3 aliphatic rings. The van der Waals surface area contributed by atoms with Crippen LogP contribution < -0.4 is 14.4 Å². The smallest absolute Gasteiger partial charge is 0.308 e. The second-order valence-electron chi connectivity index (χ2n) is 9.53. The van der Waals surface area contributed by atoms with Crippen LogP contribution in [0.4, 0.5) is 5.69 Å². The average molecular weight is 509 g/mol. The van der Waals surface area contributed by atoms with Crippen molar-refractivity contribution < 1.29 is 28.7 Å². The van der Waals surface area contributed by atoms with Crippen LogP contribution in [0.5, 0.6) is 11.5 Å². The van der Waals surface area contributed by atoms with Gasteiger partial charge in [0.05, 0.1) is 30.7 Å². The molecular formula is C30H24N2O6. The van der Waals surface area contributed by atoms with Crippen molar-refractivity contribution in [2.75, 3.05) is 12.0 Å². The molecule has 3 aromatic carbocycles. The Hall–Kier alpha value is -4.72. The zero-order chi connectivity index (χ0) is 26.6. The molecule has 4 atom stereocenters. The standard InChI is InChI=1S/C30H24N2O6/c1-17(33)38-22-11-7-19(8-12-22)28(34)27-25-24(26-23-6-4-3-5-18(23)15-16-31(26)27)29(35)32(30(25)36)20-9-13-21(37-2)14-10-20/h3-16,24-27H,1-2H3/t24-,25+,26+,27+/m0/s1. The van der Waals surface area contributed by atoms with Crippen molar-refractivity contribution in [2.45, 2.75) is 19.0 Å². The number of esters is 1. The van der Waals surface area contributed by atoms with Gasteiger partial charge in [0.25, 0.3) is 0 Å². The van der Waals surface area contributed by atoms with Gasteiger partial charge in [-0.15, -0.1) is 0 Å². The van der Waals surface area contributed by atoms with E-state index in [9.17, 15) is 19.2 Å². The average Bonchev–Trinajstić information content (AvgIpc) is 3.40. The van der Waals surface area contributed by atoms with Crippen LogP contribution in [-0.2, 0) is 14.4 Å². The first-order valence-corrected chi connectivity index (χ1v) is 12.3. The minimum Gasteiger partial charge on any atom is -0.497 e. The van der Waals surface area contributed by atoms with Gasteiger partial charge in [0.15, 0.2) is 5.78 Å². The number of methoxy groups -OCH3 is 1. The van der Waals surface area contributed by atoms with E-state index in [0.29, 0.717) is 22.7 Å². The maximum absolute atomic E-state index is 14.0. The molecule has 0 spiro atoms. The number of amides is 2. The van der Waals surface area contributed by atoms with Crippen molar-refractivity contribution in [1.29, 1.82) is 0 Å². The summed E-state index contributed by atoms with van der Waals surface area (Å²) < 4.78 is 10.3. The van der Waals surface area contributed by atoms with Gasteiger partial charge in [0.2, 0.25) is 11.8 Å². The number of carbonyl (C=O) groups excluding carboxylic acids is 4. The Morgan fingerprint density at radius 2 is 1.47 bits per heavy atom. The topological polar surface area (TPSA) is 93.2 Å². The summed E-state index contributed by atoms with van der Waals surface area (Å²) in [5, 5.41) is 0. The Labute approximate surface area is 219 Å². The number of anilines is 1. The molecular weight excluding hydrogens is 484 g/mol. The molecule has 2 amide bonds. The number of rotatable bonds is 5. The number of carbonyl (C=O) groups is 4. The number of ether oxygens (including phenoxy) is 2. The molecule has 2 fully saturated rings. The molecule has 0 radical (unpaired) electrons. The summed E-state index contributed by atoms with van der Waals surface area (Å²) in [6.45, 7) is 1.30. The zero-order valence-electron chi connectivity index (χ0n) is 20.7. The molecule has 8 nitrogen and oxygen atoms in total. The van der Waals surface area contributed by atoms with Crippen molar-refractivity contribution in [1.82, 2.24) is 4.90 Å². The fourth-order valence-corrected chi connectivity index (χ4v) is 5.87. The van der Waals surface area contributed by atoms with Crippen molar-refractivity contribution in [2.24, 2.45) is 11.8 Å². The fraction of sp³-hybridized carbons (Fsp3) is 0.200. The number of ketones is 1. The van der Waals surface area contributed by atoms with E-state index in [-0.39, 0.29) is 11.7 Å². The van der Waals surface area contributed by atoms with Crippen molar-refractivity contribution in [3.05, 3.63) is 95.7 Å². The highest BCUT2D eigenvalue weighted by atomic mass is 16.5. The van der Waals surface area contributed by atoms with Gasteiger partial charge in [-0.25, -0.2) is 4.90 Å². The molecule has 38 heavy (non-hydrogen) atoms. The summed E-state index contributed by atoms with van der Waals surface area (Å²) in [7, 11) is 1.54. The molecule has 0 saturated carbocycles. The quantitative estimate of drug-likeness (QED) is 0.222. The van der Waals surface area contributed by atoms with Gasteiger partial charge in [0, 0.05) is 18.7 Å². The molecule has 3 aromatic rings. The molecule has 190 valence electrons. The molecule has 2 saturated heterocycles. The van der Waals surface area contributed by atoms with Crippen LogP contribution in [0.1, 0.15) is 34.5 Å². The van der Waals surface area contributed by atoms with E-state index < -0.39 is 35.8 Å². The van der Waals surface area contributed by atoms with E-state index >= 15 is 0 Å². The lowest BCUT2D eigenvalue weighted by molar-refractivity contribution is -0.132. The number of hydrogen-bond acceptors (Lipinski definition) is 7. The highest BCUT2D eigenvalue weighted by molar-refractivity contribution is 6.24. The van der Waals surface area contributed by atoms with Gasteiger partial charge in [-0.3, -0.25) is 19.2 Å². The maximum atomic E-state index is 14.0. The molecule has 3 heterocycles. The summed E-state index contributed by atoms with van der Waals surface area (Å²) in [6, 6.07) is 19.4. The minimum atomic E-state index is -0.881. The Morgan fingerprint density at radius 3 is 2.16 bits per heavy atom. The second-order valence-corrected chi connectivity index (χ2v) is 9.53. The summed E-state index contributed by atoms with van der Waals surface area (Å²) in [6.07, 6.45) is 3.73. The van der Waals surface area contributed by atoms with Crippen LogP contribution in [0.3, 0.4) is 0 Å². The molecule has 0 N–H and O–H groups in total. The van der Waals surface area contributed by atoms with Gasteiger partial charge in [-0.2, -0.15) is 0 Å². The van der Waals surface area contributed by atoms with Crippen LogP contribution in [0, 0.1) is 11.8 Å². The Morgan fingerprint density at radius 1 is 0.816 bits per heavy atom. The third kappa shape index (κ3) is 3.60. The Kier molecular flexibility index (Phi) is 5.60. The molecule has 6 rings (SSSR count). The van der Waals surface area contributed by atoms with Crippen molar-refractivity contribution in [3.63, 3.8) is 0 Å². The van der Waals surface area contributed by atoms with Gasteiger partial charge in [-0.1, -0.05) is 24.3 Å². The molecule has 8 heteroatoms. The van der Waals surface area contributed by atoms with Gasteiger partial charge in [-0.05, 0) is 65.7 Å². The minimum absolute atomic E-state index is 0.279. The summed E-state index contributed by atoms with van der Waals surface area (Å²) in [4.78, 5) is 56.2. The predicted octanol–water partition coefficient (Wildman–Crippen LogP) is 4.02. The lowest BCUT2D eigenvalue weighted by atomic mass is 9.83. The fourth-order valence-electron chi connectivity index (χ4n) is 5.87. The number of Topliss-reactive ketones (excluding diaryl/α,β-unsaturated/α-hetero) is 1. The molecule has 0 bridgehead atoms. The summed E-state index contributed by atoms with van der Waals surface area (Å²) in [5.74, 6) is -2.14. The van der Waals surface area contributed by atoms with Crippen LogP contribution in [-0.4, -0.2) is 41.6 Å². The lowest BCUT2D eigenvalue weighted by Crippen LogP contribution is -2.44. The summed E-state index contributed by atoms with van der Waals surface area (Å²) in [5.41, 5.74) is 2.66. The molecule has 0 aromatic heterocycles. The monoisotopic (exact) mass is 508 g/mol. The lowest BCUT2D eigenvalue weighted by Gasteiger charge is -2.35. The number of benzene rings is 3. The first kappa shape index (κ1) is 23.7. The van der Waals surface area contributed by atoms with E-state index in [0.717, 1.165) is 11.1 Å². The normalized spacial score (nSPS) is 23.1. The highest BCUT2D eigenvalue weighted by Crippen LogP contribution is 2.53. The van der Waals surface area contributed by atoms with E-state index in [1.54, 1.807) is 55.6 Å². The predicted molar refractivity (Wildman–Crippen MR) is 138 cm³/mol. The van der Waals surface area contributed by atoms with Crippen LogP contribution in [0.15, 0.2) is 79.0 Å². The van der Waals surface area contributed by atoms with Crippen molar-refractivity contribution in [3.8, 4) is 11.5 Å².